The first kappa shape index (κ1) is 17.1. The van der Waals surface area contributed by atoms with Crippen molar-refractivity contribution in [2.24, 2.45) is 5.41 Å². The third kappa shape index (κ3) is 2.50. The number of aromatic nitrogens is 1. The topological polar surface area (TPSA) is 97.6 Å². The quantitative estimate of drug-likeness (QED) is 0.656. The number of nitrogens with zero attached hydrogens (tertiary/aromatic N) is 3. The van der Waals surface area contributed by atoms with E-state index in [4.69, 9.17) is 4.74 Å². The predicted molar refractivity (Wildman–Crippen MR) is 94.9 cm³/mol. The van der Waals surface area contributed by atoms with E-state index in [0.29, 0.717) is 5.69 Å². The van der Waals surface area contributed by atoms with E-state index in [0.717, 1.165) is 25.7 Å². The van der Waals surface area contributed by atoms with Gasteiger partial charge in [0.1, 0.15) is 17.5 Å². The lowest BCUT2D eigenvalue weighted by atomic mass is 9.53. The molecule has 2 aliphatic carbocycles. The summed E-state index contributed by atoms with van der Waals surface area (Å²) in [6, 6.07) is 2.16. The van der Waals surface area contributed by atoms with E-state index < -0.39 is 10.5 Å². The number of piperidine rings is 1. The van der Waals surface area contributed by atoms with E-state index in [1.165, 1.54) is 6.20 Å². The van der Waals surface area contributed by atoms with Gasteiger partial charge < -0.3 is 15.0 Å². The molecule has 2 heterocycles. The van der Waals surface area contributed by atoms with E-state index in [1.807, 2.05) is 25.7 Å². The molecule has 4 unspecified atom stereocenters. The smallest absolute Gasteiger partial charge is 0.410 e. The summed E-state index contributed by atoms with van der Waals surface area (Å²) >= 11 is 0. The van der Waals surface area contributed by atoms with Gasteiger partial charge in [-0.1, -0.05) is 0 Å². The molecule has 1 aromatic rings. The maximum atomic E-state index is 12.6. The number of nitro groups is 1. The van der Waals surface area contributed by atoms with Gasteiger partial charge in [0.05, 0.1) is 4.92 Å². The maximum absolute atomic E-state index is 12.6. The molecule has 1 saturated heterocycles. The Morgan fingerprint density at radius 1 is 1.46 bits per heavy atom. The Morgan fingerprint density at radius 2 is 2.23 bits per heavy atom. The molecule has 1 aromatic heterocycles. The Morgan fingerprint density at radius 3 is 2.85 bits per heavy atom. The van der Waals surface area contributed by atoms with Crippen molar-refractivity contribution in [2.75, 3.05) is 5.32 Å². The van der Waals surface area contributed by atoms with Crippen LogP contribution < -0.4 is 5.32 Å². The number of pyridine rings is 1. The Balaban J connectivity index is 1.48. The highest BCUT2D eigenvalue weighted by Crippen LogP contribution is 2.65. The number of likely N-dealkylation sites (tertiary alicyclic amines) is 1. The Labute approximate surface area is 152 Å². The lowest BCUT2D eigenvalue weighted by molar-refractivity contribution is -0.384. The number of anilines is 1. The van der Waals surface area contributed by atoms with Crippen LogP contribution in [0.2, 0.25) is 0 Å². The summed E-state index contributed by atoms with van der Waals surface area (Å²) in [5, 5.41) is 14.5. The molecule has 0 bridgehead atoms. The largest absolute Gasteiger partial charge is 0.444 e. The second kappa shape index (κ2) is 5.56. The summed E-state index contributed by atoms with van der Waals surface area (Å²) in [5.74, 6) is 0. The maximum Gasteiger partial charge on any atom is 0.410 e. The van der Waals surface area contributed by atoms with Crippen molar-refractivity contribution < 1.29 is 14.5 Å². The summed E-state index contributed by atoms with van der Waals surface area (Å²) in [6.45, 7) is 5.63. The average Bonchev–Trinajstić information content (AvgIpc) is 2.88. The first-order valence-electron chi connectivity index (χ1n) is 9.07. The lowest BCUT2D eigenvalue weighted by Crippen LogP contribution is -2.76. The molecule has 1 aliphatic heterocycles. The van der Waals surface area contributed by atoms with Gasteiger partial charge in [0.25, 0.3) is 0 Å². The fourth-order valence-corrected chi connectivity index (χ4v) is 4.95. The minimum Gasteiger partial charge on any atom is -0.444 e. The van der Waals surface area contributed by atoms with Gasteiger partial charge in [0, 0.05) is 29.7 Å². The summed E-state index contributed by atoms with van der Waals surface area (Å²) in [7, 11) is 0. The molecule has 3 aliphatic rings. The monoisotopic (exact) mass is 360 g/mol. The summed E-state index contributed by atoms with van der Waals surface area (Å²) in [5.41, 5.74) is 0.134. The number of hydrogen-bond donors (Lipinski definition) is 1. The minimum atomic E-state index is -0.507. The molecule has 1 N–H and O–H groups in total. The third-order valence-electron chi connectivity index (χ3n) is 5.98. The standard InChI is InChI=1S/C18H24N4O4/c1-17(2,3)26-16(23)21-14-4-6-18(14)9-11(8-15(18)21)20-12-5-7-19-10-13(12)22(24)25/h5,7,10-11,14-15H,4,6,8-9H2,1-3H3,(H,19,20). The molecular weight excluding hydrogens is 336 g/mol. The summed E-state index contributed by atoms with van der Waals surface area (Å²) in [4.78, 5) is 29.1. The Hall–Kier alpha value is -2.38. The molecule has 4 atom stereocenters. The van der Waals surface area contributed by atoms with Crippen molar-refractivity contribution >= 4 is 17.5 Å². The van der Waals surface area contributed by atoms with Gasteiger partial charge in [-0.25, -0.2) is 4.79 Å². The van der Waals surface area contributed by atoms with E-state index >= 15 is 0 Å². The summed E-state index contributed by atoms with van der Waals surface area (Å²) in [6.07, 6.45) is 6.42. The van der Waals surface area contributed by atoms with Gasteiger partial charge in [-0.05, 0) is 52.5 Å². The highest BCUT2D eigenvalue weighted by atomic mass is 16.6. The number of hydrogen-bond acceptors (Lipinski definition) is 6. The molecule has 2 saturated carbocycles. The zero-order valence-electron chi connectivity index (χ0n) is 15.3. The van der Waals surface area contributed by atoms with Crippen molar-refractivity contribution in [2.45, 2.75) is 70.2 Å². The van der Waals surface area contributed by atoms with Crippen LogP contribution in [0.5, 0.6) is 0 Å². The summed E-state index contributed by atoms with van der Waals surface area (Å²) < 4.78 is 5.57. The molecule has 4 rings (SSSR count). The van der Waals surface area contributed by atoms with Crippen LogP contribution >= 0.6 is 0 Å². The number of carbonyl (C=O) groups is 1. The van der Waals surface area contributed by atoms with E-state index in [9.17, 15) is 14.9 Å². The van der Waals surface area contributed by atoms with Crippen molar-refractivity contribution in [3.63, 3.8) is 0 Å². The predicted octanol–water partition coefficient (Wildman–Crippen LogP) is 3.33. The Bertz CT molecular complexity index is 762. The number of ether oxygens (including phenoxy) is 1. The molecular formula is C18H24N4O4. The molecule has 0 radical (unpaired) electrons. The van der Waals surface area contributed by atoms with E-state index in [-0.39, 0.29) is 35.3 Å². The normalized spacial score (nSPS) is 32.0. The third-order valence-corrected chi connectivity index (χ3v) is 5.98. The van der Waals surface area contributed by atoms with Gasteiger partial charge >= 0.3 is 11.8 Å². The van der Waals surface area contributed by atoms with Gasteiger partial charge in [-0.15, -0.1) is 0 Å². The number of amides is 1. The van der Waals surface area contributed by atoms with Gasteiger partial charge in [0.15, 0.2) is 0 Å². The molecule has 8 heteroatoms. The highest BCUT2D eigenvalue weighted by molar-refractivity contribution is 5.72. The lowest BCUT2D eigenvalue weighted by Gasteiger charge is -2.67. The van der Waals surface area contributed by atoms with Crippen LogP contribution in [0.4, 0.5) is 16.2 Å². The van der Waals surface area contributed by atoms with Crippen LogP contribution in [-0.4, -0.2) is 44.6 Å². The molecule has 3 fully saturated rings. The van der Waals surface area contributed by atoms with Gasteiger partial charge in [-0.2, -0.15) is 0 Å². The van der Waals surface area contributed by atoms with Crippen LogP contribution in [0.1, 0.15) is 46.5 Å². The first-order chi connectivity index (χ1) is 12.2. The second-order valence-electron chi connectivity index (χ2n) is 8.62. The Kier molecular flexibility index (Phi) is 3.65. The zero-order valence-corrected chi connectivity index (χ0v) is 15.3. The fraction of sp³-hybridized carbons (Fsp3) is 0.667. The average molecular weight is 360 g/mol. The second-order valence-corrected chi connectivity index (χ2v) is 8.62. The van der Waals surface area contributed by atoms with Gasteiger partial charge in [-0.3, -0.25) is 15.1 Å². The molecule has 26 heavy (non-hydrogen) atoms. The zero-order chi connectivity index (χ0) is 18.7. The minimum absolute atomic E-state index is 0.0154. The number of carbonyl (C=O) groups excluding carboxylic acids is 1. The molecule has 0 aromatic carbocycles. The molecule has 1 spiro atoms. The van der Waals surface area contributed by atoms with E-state index in [1.54, 1.807) is 12.3 Å². The number of rotatable bonds is 3. The van der Waals surface area contributed by atoms with Crippen molar-refractivity contribution in [3.05, 3.63) is 28.6 Å². The van der Waals surface area contributed by atoms with Crippen molar-refractivity contribution in [1.82, 2.24) is 9.88 Å². The van der Waals surface area contributed by atoms with E-state index in [2.05, 4.69) is 10.3 Å². The van der Waals surface area contributed by atoms with Crippen LogP contribution in [-0.2, 0) is 4.74 Å². The fourth-order valence-electron chi connectivity index (χ4n) is 4.95. The number of nitrogens with one attached hydrogen (secondary N) is 1. The van der Waals surface area contributed by atoms with Crippen LogP contribution in [0.3, 0.4) is 0 Å². The highest BCUT2D eigenvalue weighted by Gasteiger charge is 2.71. The first-order valence-corrected chi connectivity index (χ1v) is 9.07. The van der Waals surface area contributed by atoms with Crippen LogP contribution in [0.25, 0.3) is 0 Å². The van der Waals surface area contributed by atoms with Crippen LogP contribution in [0.15, 0.2) is 18.5 Å². The van der Waals surface area contributed by atoms with Crippen molar-refractivity contribution in [1.29, 1.82) is 0 Å². The van der Waals surface area contributed by atoms with Crippen molar-refractivity contribution in [3.8, 4) is 0 Å². The molecule has 140 valence electrons. The van der Waals surface area contributed by atoms with Gasteiger partial charge in [0.2, 0.25) is 0 Å². The van der Waals surface area contributed by atoms with Crippen LogP contribution in [0, 0.1) is 15.5 Å². The SMILES string of the molecule is CC(C)(C)OC(=O)N1C2CCC23CC(Nc2ccncc2[N+](=O)[O-])CC13. The molecule has 1 amide bonds. The molecule has 8 nitrogen and oxygen atoms in total.